The summed E-state index contributed by atoms with van der Waals surface area (Å²) in [7, 11) is 0. The van der Waals surface area contributed by atoms with Crippen molar-refractivity contribution in [2.45, 2.75) is 17.1 Å². The van der Waals surface area contributed by atoms with Crippen molar-refractivity contribution in [3.63, 3.8) is 0 Å². The molecule has 0 saturated heterocycles. The molecule has 0 amide bonds. The van der Waals surface area contributed by atoms with Crippen LogP contribution in [0.3, 0.4) is 0 Å². The van der Waals surface area contributed by atoms with Crippen LogP contribution in [0.1, 0.15) is 13.3 Å². The summed E-state index contributed by atoms with van der Waals surface area (Å²) < 4.78 is -1.66. The van der Waals surface area contributed by atoms with Gasteiger partial charge in [0.2, 0.25) is 3.79 Å². The van der Waals surface area contributed by atoms with E-state index in [1.54, 1.807) is 0 Å². The predicted octanol–water partition coefficient (Wildman–Crippen LogP) is 3.21. The summed E-state index contributed by atoms with van der Waals surface area (Å²) in [4.78, 5) is 0. The molecule has 0 spiro atoms. The SMILES string of the molecule is CCC=C(O)C(Cl)(Cl)Cl. The van der Waals surface area contributed by atoms with Crippen LogP contribution in [-0.2, 0) is 0 Å². The fourth-order valence-corrected chi connectivity index (χ4v) is 0.541. The Bertz CT molecular complexity index is 114. The fourth-order valence-electron chi connectivity index (χ4n) is 0.309. The second-order valence-corrected chi connectivity index (χ2v) is 3.78. The van der Waals surface area contributed by atoms with Gasteiger partial charge in [0.25, 0.3) is 0 Å². The maximum absolute atomic E-state index is 8.85. The zero-order chi connectivity index (χ0) is 7.49. The van der Waals surface area contributed by atoms with Crippen LogP contribution in [0.15, 0.2) is 11.8 Å². The van der Waals surface area contributed by atoms with Crippen LogP contribution >= 0.6 is 34.8 Å². The zero-order valence-corrected chi connectivity index (χ0v) is 7.13. The van der Waals surface area contributed by atoms with E-state index in [2.05, 4.69) is 0 Å². The van der Waals surface area contributed by atoms with Gasteiger partial charge >= 0.3 is 0 Å². The van der Waals surface area contributed by atoms with Crippen molar-refractivity contribution in [1.82, 2.24) is 0 Å². The molecule has 0 saturated carbocycles. The van der Waals surface area contributed by atoms with E-state index in [-0.39, 0.29) is 5.76 Å². The molecule has 0 aliphatic heterocycles. The molecule has 0 aliphatic carbocycles. The summed E-state index contributed by atoms with van der Waals surface area (Å²) in [6.45, 7) is 1.84. The molecule has 0 rings (SSSR count). The Labute approximate surface area is 69.2 Å². The highest BCUT2D eigenvalue weighted by molar-refractivity contribution is 6.69. The molecule has 0 aliphatic rings. The Morgan fingerprint density at radius 3 is 2.11 bits per heavy atom. The predicted molar refractivity (Wildman–Crippen MR) is 41.3 cm³/mol. The van der Waals surface area contributed by atoms with Gasteiger partial charge in [-0.3, -0.25) is 0 Å². The molecule has 0 atom stereocenters. The number of alkyl halides is 3. The molecule has 0 aromatic heterocycles. The van der Waals surface area contributed by atoms with E-state index in [4.69, 9.17) is 39.9 Å². The Kier molecular flexibility index (Phi) is 3.71. The van der Waals surface area contributed by atoms with Gasteiger partial charge < -0.3 is 5.11 Å². The lowest BCUT2D eigenvalue weighted by molar-refractivity contribution is 0.399. The van der Waals surface area contributed by atoms with E-state index in [0.717, 1.165) is 0 Å². The second-order valence-electron chi connectivity index (χ2n) is 1.50. The minimum absolute atomic E-state index is 0.213. The number of aliphatic hydroxyl groups is 1. The summed E-state index contributed by atoms with van der Waals surface area (Å²) in [5.41, 5.74) is 0. The van der Waals surface area contributed by atoms with Crippen LogP contribution in [0.4, 0.5) is 0 Å². The van der Waals surface area contributed by atoms with E-state index in [9.17, 15) is 0 Å². The smallest absolute Gasteiger partial charge is 0.246 e. The molecule has 4 heteroatoms. The summed E-state index contributed by atoms with van der Waals surface area (Å²) in [5, 5.41) is 8.85. The zero-order valence-electron chi connectivity index (χ0n) is 4.87. The molecule has 1 nitrogen and oxygen atoms in total. The third-order valence-electron chi connectivity index (χ3n) is 0.688. The first kappa shape index (κ1) is 9.41. The Balaban J connectivity index is 4.03. The van der Waals surface area contributed by atoms with Crippen molar-refractivity contribution in [1.29, 1.82) is 0 Å². The first-order valence-corrected chi connectivity index (χ1v) is 3.58. The normalized spacial score (nSPS) is 14.0. The average molecular weight is 189 g/mol. The molecule has 0 fully saturated rings. The van der Waals surface area contributed by atoms with Gasteiger partial charge in [-0.2, -0.15) is 0 Å². The maximum atomic E-state index is 8.85. The minimum atomic E-state index is -1.66. The number of aliphatic hydroxyl groups excluding tert-OH is 1. The molecular formula is C5H7Cl3O. The molecule has 0 radical (unpaired) electrons. The molecule has 0 unspecified atom stereocenters. The highest BCUT2D eigenvalue weighted by Crippen LogP contribution is 2.32. The van der Waals surface area contributed by atoms with Gasteiger partial charge in [0.15, 0.2) is 0 Å². The number of hydrogen-bond donors (Lipinski definition) is 1. The van der Waals surface area contributed by atoms with Crippen molar-refractivity contribution in [2.75, 3.05) is 0 Å². The molecule has 0 aromatic carbocycles. The van der Waals surface area contributed by atoms with Crippen LogP contribution < -0.4 is 0 Å². The maximum Gasteiger partial charge on any atom is 0.246 e. The number of halogens is 3. The number of allylic oxidation sites excluding steroid dienone is 2. The molecule has 9 heavy (non-hydrogen) atoms. The van der Waals surface area contributed by atoms with Gasteiger partial charge in [-0.25, -0.2) is 0 Å². The minimum Gasteiger partial charge on any atom is -0.508 e. The Morgan fingerprint density at radius 2 is 2.00 bits per heavy atom. The van der Waals surface area contributed by atoms with Crippen molar-refractivity contribution in [3.05, 3.63) is 11.8 Å². The van der Waals surface area contributed by atoms with Crippen LogP contribution in [0.25, 0.3) is 0 Å². The number of hydrogen-bond acceptors (Lipinski definition) is 1. The van der Waals surface area contributed by atoms with Gasteiger partial charge in [-0.1, -0.05) is 41.7 Å². The van der Waals surface area contributed by atoms with Gasteiger partial charge in [0, 0.05) is 0 Å². The monoisotopic (exact) mass is 188 g/mol. The standard InChI is InChI=1S/C5H7Cl3O/c1-2-3-4(9)5(6,7)8/h3,9H,2H2,1H3. The first-order chi connectivity index (χ1) is 3.98. The summed E-state index contributed by atoms with van der Waals surface area (Å²) in [5.74, 6) is -0.213. The lowest BCUT2D eigenvalue weighted by Gasteiger charge is -2.07. The molecule has 0 aromatic rings. The second kappa shape index (κ2) is 3.55. The largest absolute Gasteiger partial charge is 0.508 e. The van der Waals surface area contributed by atoms with Gasteiger partial charge in [-0.05, 0) is 12.5 Å². The van der Waals surface area contributed by atoms with E-state index < -0.39 is 3.79 Å². The third kappa shape index (κ3) is 3.90. The summed E-state index contributed by atoms with van der Waals surface area (Å²) in [6.07, 6.45) is 2.10. The van der Waals surface area contributed by atoms with Crippen LogP contribution in [0.2, 0.25) is 0 Å². The average Bonchev–Trinajstić information content (AvgIpc) is 1.64. The van der Waals surface area contributed by atoms with E-state index >= 15 is 0 Å². The lowest BCUT2D eigenvalue weighted by Crippen LogP contribution is -2.05. The van der Waals surface area contributed by atoms with Crippen molar-refractivity contribution < 1.29 is 5.11 Å². The van der Waals surface area contributed by atoms with E-state index in [1.807, 2.05) is 6.92 Å². The highest BCUT2D eigenvalue weighted by Gasteiger charge is 2.24. The fraction of sp³-hybridized carbons (Fsp3) is 0.600. The van der Waals surface area contributed by atoms with Crippen LogP contribution in [0, 0.1) is 0 Å². The van der Waals surface area contributed by atoms with Crippen molar-refractivity contribution in [2.24, 2.45) is 0 Å². The van der Waals surface area contributed by atoms with E-state index in [0.29, 0.717) is 6.42 Å². The third-order valence-corrected chi connectivity index (χ3v) is 1.27. The quantitative estimate of drug-likeness (QED) is 0.496. The Morgan fingerprint density at radius 1 is 1.56 bits per heavy atom. The lowest BCUT2D eigenvalue weighted by atomic mass is 10.4. The topological polar surface area (TPSA) is 20.2 Å². The van der Waals surface area contributed by atoms with Gasteiger partial charge in [0.1, 0.15) is 5.76 Å². The van der Waals surface area contributed by atoms with E-state index in [1.165, 1.54) is 6.08 Å². The molecular weight excluding hydrogens is 182 g/mol. The molecule has 0 heterocycles. The molecule has 54 valence electrons. The number of rotatable bonds is 1. The summed E-state index contributed by atoms with van der Waals surface area (Å²) in [6, 6.07) is 0. The van der Waals surface area contributed by atoms with Crippen LogP contribution in [-0.4, -0.2) is 8.90 Å². The van der Waals surface area contributed by atoms with Crippen molar-refractivity contribution in [3.8, 4) is 0 Å². The molecule has 1 N–H and O–H groups in total. The Hall–Kier alpha value is 0.410. The van der Waals surface area contributed by atoms with Gasteiger partial charge in [-0.15, -0.1) is 0 Å². The first-order valence-electron chi connectivity index (χ1n) is 2.44. The van der Waals surface area contributed by atoms with Crippen molar-refractivity contribution >= 4 is 34.8 Å². The summed E-state index contributed by atoms with van der Waals surface area (Å²) >= 11 is 15.8. The van der Waals surface area contributed by atoms with Gasteiger partial charge in [0.05, 0.1) is 0 Å². The highest BCUT2D eigenvalue weighted by atomic mass is 35.6. The van der Waals surface area contributed by atoms with Crippen LogP contribution in [0.5, 0.6) is 0 Å². The molecule has 0 bridgehead atoms.